The molecule has 5 heteroatoms. The number of carbonyl (C=O) groups excluding carboxylic acids is 1. The second-order valence-electron chi connectivity index (χ2n) is 6.85. The van der Waals surface area contributed by atoms with Gasteiger partial charge in [-0.1, -0.05) is 0 Å². The molecule has 0 N–H and O–H groups in total. The van der Waals surface area contributed by atoms with Gasteiger partial charge in [0.05, 0.1) is 5.56 Å². The Balaban J connectivity index is 1.67. The molecule has 3 heterocycles. The molecular weight excluding hydrogens is 290 g/mol. The quantitative estimate of drug-likeness (QED) is 0.851. The number of piperidine rings is 1. The molecule has 23 heavy (non-hydrogen) atoms. The molecule has 126 valence electrons. The van der Waals surface area contributed by atoms with Crippen LogP contribution in [0.1, 0.15) is 48.9 Å². The largest absolute Gasteiger partial charge is 0.336 e. The highest BCUT2D eigenvalue weighted by molar-refractivity contribution is 5.94. The summed E-state index contributed by atoms with van der Waals surface area (Å²) in [5.74, 6) is 0.0757. The van der Waals surface area contributed by atoms with E-state index in [1.807, 2.05) is 4.90 Å². The van der Waals surface area contributed by atoms with Crippen molar-refractivity contribution in [2.45, 2.75) is 44.6 Å². The summed E-state index contributed by atoms with van der Waals surface area (Å²) >= 11 is 0. The summed E-state index contributed by atoms with van der Waals surface area (Å²) in [6.45, 7) is 4.36. The van der Waals surface area contributed by atoms with Gasteiger partial charge in [0.25, 0.3) is 5.91 Å². The molecule has 1 atom stereocenters. The van der Waals surface area contributed by atoms with Crippen LogP contribution in [0.15, 0.2) is 23.1 Å². The fourth-order valence-electron chi connectivity index (χ4n) is 3.79. The molecule has 0 aromatic carbocycles. The van der Waals surface area contributed by atoms with E-state index in [9.17, 15) is 9.59 Å². The maximum absolute atomic E-state index is 12.9. The van der Waals surface area contributed by atoms with Crippen LogP contribution >= 0.6 is 0 Å². The number of aryl methyl sites for hydroxylation is 1. The number of hydrogen-bond acceptors (Lipinski definition) is 3. The molecule has 1 aromatic heterocycles. The number of pyridine rings is 1. The van der Waals surface area contributed by atoms with E-state index in [4.69, 9.17) is 0 Å². The maximum atomic E-state index is 12.9. The topological polar surface area (TPSA) is 45.6 Å². The maximum Gasteiger partial charge on any atom is 0.255 e. The first-order valence-corrected chi connectivity index (χ1v) is 8.85. The molecule has 1 aromatic rings. The first-order chi connectivity index (χ1) is 11.1. The van der Waals surface area contributed by atoms with Crippen molar-refractivity contribution in [1.29, 1.82) is 0 Å². The monoisotopic (exact) mass is 317 g/mol. The Labute approximate surface area is 137 Å². The van der Waals surface area contributed by atoms with Gasteiger partial charge >= 0.3 is 0 Å². The molecular formula is C18H27N3O2. The van der Waals surface area contributed by atoms with Crippen molar-refractivity contribution in [2.24, 2.45) is 7.05 Å². The number of likely N-dealkylation sites (tertiary alicyclic amines) is 2. The lowest BCUT2D eigenvalue weighted by atomic mass is 9.98. The van der Waals surface area contributed by atoms with Crippen molar-refractivity contribution in [3.05, 3.63) is 34.2 Å². The molecule has 0 radical (unpaired) electrons. The molecule has 2 aliphatic rings. The zero-order chi connectivity index (χ0) is 16.2. The molecule has 0 bridgehead atoms. The zero-order valence-corrected chi connectivity index (χ0v) is 14.0. The van der Waals surface area contributed by atoms with Crippen molar-refractivity contribution < 1.29 is 4.79 Å². The van der Waals surface area contributed by atoms with Gasteiger partial charge in [-0.2, -0.15) is 0 Å². The van der Waals surface area contributed by atoms with Crippen molar-refractivity contribution in [3.8, 4) is 0 Å². The first-order valence-electron chi connectivity index (χ1n) is 8.85. The van der Waals surface area contributed by atoms with Crippen LogP contribution in [-0.2, 0) is 7.05 Å². The number of hydrogen-bond donors (Lipinski definition) is 0. The van der Waals surface area contributed by atoms with E-state index in [2.05, 4.69) is 4.90 Å². The molecule has 2 aliphatic heterocycles. The third kappa shape index (κ3) is 3.83. The van der Waals surface area contributed by atoms with Crippen molar-refractivity contribution in [1.82, 2.24) is 14.4 Å². The van der Waals surface area contributed by atoms with Gasteiger partial charge in [-0.3, -0.25) is 9.59 Å². The minimum atomic E-state index is -0.0780. The Bertz CT molecular complexity index is 605. The third-order valence-electron chi connectivity index (χ3n) is 5.20. The number of nitrogens with zero attached hydrogens (tertiary/aromatic N) is 3. The molecule has 0 aliphatic carbocycles. The third-order valence-corrected chi connectivity index (χ3v) is 5.20. The van der Waals surface area contributed by atoms with Crippen LogP contribution in [-0.4, -0.2) is 52.5 Å². The van der Waals surface area contributed by atoms with Gasteiger partial charge in [-0.15, -0.1) is 0 Å². The van der Waals surface area contributed by atoms with Crippen LogP contribution in [0, 0.1) is 0 Å². The van der Waals surface area contributed by atoms with Crippen molar-refractivity contribution in [2.75, 3.05) is 26.2 Å². The van der Waals surface area contributed by atoms with Crippen molar-refractivity contribution >= 4 is 5.91 Å². The number of rotatable bonds is 4. The van der Waals surface area contributed by atoms with Crippen LogP contribution in [0.2, 0.25) is 0 Å². The second kappa shape index (κ2) is 7.30. The summed E-state index contributed by atoms with van der Waals surface area (Å²) in [5.41, 5.74) is 0.547. The highest BCUT2D eigenvalue weighted by Gasteiger charge is 2.28. The number of aromatic nitrogens is 1. The van der Waals surface area contributed by atoms with E-state index in [1.54, 1.807) is 19.3 Å². The summed E-state index contributed by atoms with van der Waals surface area (Å²) in [6.07, 6.45) is 8.75. The SMILES string of the molecule is Cn1cc(C(=O)N2CCCCC2CCN2CCCC2)ccc1=O. The number of carbonyl (C=O) groups is 1. The van der Waals surface area contributed by atoms with Gasteiger partial charge < -0.3 is 14.4 Å². The Hall–Kier alpha value is -1.62. The fraction of sp³-hybridized carbons (Fsp3) is 0.667. The lowest BCUT2D eigenvalue weighted by Gasteiger charge is -2.36. The van der Waals surface area contributed by atoms with Crippen LogP contribution < -0.4 is 5.56 Å². The van der Waals surface area contributed by atoms with Gasteiger partial charge in [-0.05, 0) is 57.7 Å². The summed E-state index contributed by atoms with van der Waals surface area (Å²) in [5, 5.41) is 0. The van der Waals surface area contributed by atoms with E-state index < -0.39 is 0 Å². The van der Waals surface area contributed by atoms with Gasteiger partial charge in [0.15, 0.2) is 0 Å². The molecule has 3 rings (SSSR count). The van der Waals surface area contributed by atoms with E-state index in [1.165, 1.54) is 43.0 Å². The predicted molar refractivity (Wildman–Crippen MR) is 90.6 cm³/mol. The molecule has 2 fully saturated rings. The summed E-state index contributed by atoms with van der Waals surface area (Å²) in [7, 11) is 1.69. The van der Waals surface area contributed by atoms with E-state index in [0.717, 1.165) is 32.4 Å². The predicted octanol–water partition coefficient (Wildman–Crippen LogP) is 1.87. The smallest absolute Gasteiger partial charge is 0.255 e. The molecule has 2 saturated heterocycles. The molecule has 0 saturated carbocycles. The van der Waals surface area contributed by atoms with E-state index >= 15 is 0 Å². The minimum Gasteiger partial charge on any atom is -0.336 e. The van der Waals surface area contributed by atoms with Crippen molar-refractivity contribution in [3.63, 3.8) is 0 Å². The fourth-order valence-corrected chi connectivity index (χ4v) is 3.79. The summed E-state index contributed by atoms with van der Waals surface area (Å²) in [6, 6.07) is 3.49. The Kier molecular flexibility index (Phi) is 5.16. The normalized spacial score (nSPS) is 22.5. The van der Waals surface area contributed by atoms with E-state index in [0.29, 0.717) is 11.6 Å². The first kappa shape index (κ1) is 16.2. The van der Waals surface area contributed by atoms with Crippen LogP contribution in [0.3, 0.4) is 0 Å². The van der Waals surface area contributed by atoms with E-state index in [-0.39, 0.29) is 11.5 Å². The average Bonchev–Trinajstić information content (AvgIpc) is 3.08. The Morgan fingerprint density at radius 2 is 1.87 bits per heavy atom. The average molecular weight is 317 g/mol. The second-order valence-corrected chi connectivity index (χ2v) is 6.85. The van der Waals surface area contributed by atoms with Gasteiger partial charge in [0.1, 0.15) is 0 Å². The highest BCUT2D eigenvalue weighted by atomic mass is 16.2. The molecule has 1 amide bonds. The minimum absolute atomic E-state index is 0.0757. The van der Waals surface area contributed by atoms with Gasteiger partial charge in [0, 0.05) is 38.4 Å². The van der Waals surface area contributed by atoms with Gasteiger partial charge in [0.2, 0.25) is 5.56 Å². The molecule has 1 unspecified atom stereocenters. The van der Waals surface area contributed by atoms with Gasteiger partial charge in [-0.25, -0.2) is 0 Å². The summed E-state index contributed by atoms with van der Waals surface area (Å²) < 4.78 is 1.48. The molecule has 0 spiro atoms. The lowest BCUT2D eigenvalue weighted by Crippen LogP contribution is -2.45. The Morgan fingerprint density at radius 1 is 1.13 bits per heavy atom. The standard InChI is InChI=1S/C18H27N3O2/c1-19-14-15(7-8-17(19)22)18(23)21-12-3-2-6-16(21)9-13-20-10-4-5-11-20/h7-8,14,16H,2-6,9-13H2,1H3. The molecule has 5 nitrogen and oxygen atoms in total. The lowest BCUT2D eigenvalue weighted by molar-refractivity contribution is 0.0587. The highest BCUT2D eigenvalue weighted by Crippen LogP contribution is 2.23. The van der Waals surface area contributed by atoms with Crippen LogP contribution in [0.25, 0.3) is 0 Å². The zero-order valence-electron chi connectivity index (χ0n) is 14.0. The summed E-state index contributed by atoms with van der Waals surface area (Å²) in [4.78, 5) is 28.9. The van der Waals surface area contributed by atoms with Crippen LogP contribution in [0.5, 0.6) is 0 Å². The van der Waals surface area contributed by atoms with Crippen LogP contribution in [0.4, 0.5) is 0 Å². The number of amides is 1. The Morgan fingerprint density at radius 3 is 2.61 bits per heavy atom.